The highest BCUT2D eigenvalue weighted by molar-refractivity contribution is 5.52. The molecule has 9 nitrogen and oxygen atoms in total. The summed E-state index contributed by atoms with van der Waals surface area (Å²) in [6.07, 6.45) is 4.42. The summed E-state index contributed by atoms with van der Waals surface area (Å²) < 4.78 is 1.94. The maximum Gasteiger partial charge on any atom is 0.224 e. The number of tetrazole rings is 1. The molecule has 0 bridgehead atoms. The van der Waals surface area contributed by atoms with Gasteiger partial charge in [-0.3, -0.25) is 4.98 Å². The maximum absolute atomic E-state index is 4.50. The Hall–Kier alpha value is -2.84. The van der Waals surface area contributed by atoms with E-state index in [0.29, 0.717) is 18.4 Å². The van der Waals surface area contributed by atoms with Crippen LogP contribution in [0.3, 0.4) is 0 Å². The van der Waals surface area contributed by atoms with Crippen LogP contribution in [0.4, 0.5) is 5.95 Å². The van der Waals surface area contributed by atoms with Gasteiger partial charge < -0.3 is 4.90 Å². The van der Waals surface area contributed by atoms with Crippen LogP contribution in [0, 0.1) is 0 Å². The first-order chi connectivity index (χ1) is 10.8. The van der Waals surface area contributed by atoms with Crippen LogP contribution in [-0.2, 0) is 13.1 Å². The Kier molecular flexibility index (Phi) is 3.02. The van der Waals surface area contributed by atoms with Gasteiger partial charge in [-0.05, 0) is 30.7 Å². The van der Waals surface area contributed by atoms with Crippen molar-refractivity contribution in [3.8, 4) is 11.4 Å². The van der Waals surface area contributed by atoms with Crippen LogP contribution < -0.4 is 4.90 Å². The van der Waals surface area contributed by atoms with Crippen LogP contribution in [0.15, 0.2) is 24.7 Å². The molecule has 1 atom stereocenters. The number of anilines is 1. The molecular formula is C13H15N9. The Morgan fingerprint density at radius 2 is 2.27 bits per heavy atom. The van der Waals surface area contributed by atoms with Crippen LogP contribution >= 0.6 is 0 Å². The Balaban J connectivity index is 1.57. The summed E-state index contributed by atoms with van der Waals surface area (Å²) in [5, 5.41) is 18.1. The van der Waals surface area contributed by atoms with Crippen molar-refractivity contribution in [3.63, 3.8) is 0 Å². The fraction of sp³-hybridized carbons (Fsp3) is 0.385. The van der Waals surface area contributed by atoms with Gasteiger partial charge in [0, 0.05) is 24.3 Å². The largest absolute Gasteiger partial charge is 0.332 e. The second-order valence-electron chi connectivity index (χ2n) is 5.32. The van der Waals surface area contributed by atoms with Crippen molar-refractivity contribution in [1.82, 2.24) is 40.4 Å². The number of hydrogen-bond acceptors (Lipinski definition) is 7. The van der Waals surface area contributed by atoms with Gasteiger partial charge in [0.05, 0.1) is 12.2 Å². The van der Waals surface area contributed by atoms with Gasteiger partial charge in [0.1, 0.15) is 6.33 Å². The van der Waals surface area contributed by atoms with Crippen LogP contribution in [-0.4, -0.2) is 46.4 Å². The third-order valence-corrected chi connectivity index (χ3v) is 3.90. The molecule has 0 aromatic carbocycles. The number of aromatic amines is 1. The van der Waals surface area contributed by atoms with Crippen molar-refractivity contribution in [3.05, 3.63) is 30.4 Å². The number of H-pyrrole nitrogens is 1. The van der Waals surface area contributed by atoms with Crippen LogP contribution in [0.1, 0.15) is 19.0 Å². The molecule has 0 spiro atoms. The number of hydrogen-bond donors (Lipinski definition) is 1. The molecule has 4 heterocycles. The SMILES string of the molecule is CC1CCn2ncnc2N1Cc1ccc(-c2nn[nH]n2)cn1. The predicted octanol–water partition coefficient (Wildman–Crippen LogP) is 0.652. The summed E-state index contributed by atoms with van der Waals surface area (Å²) >= 11 is 0. The lowest BCUT2D eigenvalue weighted by atomic mass is 10.1. The summed E-state index contributed by atoms with van der Waals surface area (Å²) in [5.41, 5.74) is 1.81. The zero-order valence-electron chi connectivity index (χ0n) is 12.1. The third-order valence-electron chi connectivity index (χ3n) is 3.90. The van der Waals surface area contributed by atoms with Gasteiger partial charge in [-0.1, -0.05) is 0 Å². The molecule has 0 radical (unpaired) electrons. The molecule has 0 aliphatic carbocycles. The minimum Gasteiger partial charge on any atom is -0.332 e. The van der Waals surface area contributed by atoms with Crippen LogP contribution in [0.25, 0.3) is 11.4 Å². The molecule has 3 aromatic rings. The van der Waals surface area contributed by atoms with E-state index in [1.165, 1.54) is 0 Å². The van der Waals surface area contributed by atoms with Crippen molar-refractivity contribution >= 4 is 5.95 Å². The van der Waals surface area contributed by atoms with Crippen LogP contribution in [0.5, 0.6) is 0 Å². The molecule has 0 fully saturated rings. The first-order valence-electron chi connectivity index (χ1n) is 7.14. The third kappa shape index (κ3) is 2.20. The van der Waals surface area contributed by atoms with Gasteiger partial charge in [-0.25, -0.2) is 4.68 Å². The van der Waals surface area contributed by atoms with E-state index in [2.05, 4.69) is 47.5 Å². The lowest BCUT2D eigenvalue weighted by Gasteiger charge is -2.33. The molecule has 9 heteroatoms. The van der Waals surface area contributed by atoms with Crippen molar-refractivity contribution < 1.29 is 0 Å². The quantitative estimate of drug-likeness (QED) is 0.757. The Bertz CT molecular complexity index is 746. The van der Waals surface area contributed by atoms with E-state index in [1.54, 1.807) is 12.5 Å². The average molecular weight is 297 g/mol. The van der Waals surface area contributed by atoms with Crippen molar-refractivity contribution in [1.29, 1.82) is 0 Å². The zero-order chi connectivity index (χ0) is 14.9. The second-order valence-corrected chi connectivity index (χ2v) is 5.32. The number of rotatable bonds is 3. The molecule has 1 N–H and O–H groups in total. The van der Waals surface area contributed by atoms with Crippen molar-refractivity contribution in [2.45, 2.75) is 32.5 Å². The van der Waals surface area contributed by atoms with Gasteiger partial charge in [0.15, 0.2) is 0 Å². The van der Waals surface area contributed by atoms with E-state index in [0.717, 1.165) is 30.2 Å². The highest BCUT2D eigenvalue weighted by Crippen LogP contribution is 2.24. The minimum atomic E-state index is 0.412. The standard InChI is InChI=1S/C13H15N9/c1-9-4-5-22-13(15-8-16-22)21(9)7-11-3-2-10(6-14-11)12-17-19-20-18-12/h2-3,6,8-9H,4-5,7H2,1H3,(H,17,18,19,20). The van der Waals surface area contributed by atoms with Gasteiger partial charge in [0.2, 0.25) is 11.8 Å². The molecule has 4 rings (SSSR count). The number of aryl methyl sites for hydroxylation is 1. The van der Waals surface area contributed by atoms with E-state index < -0.39 is 0 Å². The lowest BCUT2D eigenvalue weighted by Crippen LogP contribution is -2.39. The summed E-state index contributed by atoms with van der Waals surface area (Å²) in [5.74, 6) is 1.45. The minimum absolute atomic E-state index is 0.412. The monoisotopic (exact) mass is 297 g/mol. The lowest BCUT2D eigenvalue weighted by molar-refractivity contribution is 0.441. The summed E-state index contributed by atoms with van der Waals surface area (Å²) in [4.78, 5) is 11.1. The van der Waals surface area contributed by atoms with E-state index in [1.807, 2.05) is 16.8 Å². The summed E-state index contributed by atoms with van der Waals surface area (Å²) in [7, 11) is 0. The molecule has 1 aliphatic rings. The molecule has 0 saturated heterocycles. The smallest absolute Gasteiger partial charge is 0.224 e. The fourth-order valence-electron chi connectivity index (χ4n) is 2.64. The summed E-state index contributed by atoms with van der Waals surface area (Å²) in [6.45, 7) is 3.81. The summed E-state index contributed by atoms with van der Waals surface area (Å²) in [6, 6.07) is 4.34. The van der Waals surface area contributed by atoms with Gasteiger partial charge in [0.25, 0.3) is 0 Å². The number of aromatic nitrogens is 8. The Morgan fingerprint density at radius 1 is 1.32 bits per heavy atom. The fourth-order valence-corrected chi connectivity index (χ4v) is 2.64. The van der Waals surface area contributed by atoms with Crippen molar-refractivity contribution in [2.75, 3.05) is 4.90 Å². The first kappa shape index (κ1) is 12.9. The first-order valence-corrected chi connectivity index (χ1v) is 7.14. The molecule has 3 aromatic heterocycles. The molecular weight excluding hydrogens is 282 g/mol. The Morgan fingerprint density at radius 3 is 3.05 bits per heavy atom. The molecule has 0 amide bonds. The number of nitrogens with one attached hydrogen (secondary N) is 1. The predicted molar refractivity (Wildman–Crippen MR) is 77.7 cm³/mol. The normalized spacial score (nSPS) is 17.5. The number of nitrogens with zero attached hydrogens (tertiary/aromatic N) is 8. The van der Waals surface area contributed by atoms with Gasteiger partial charge >= 0.3 is 0 Å². The van der Waals surface area contributed by atoms with E-state index >= 15 is 0 Å². The van der Waals surface area contributed by atoms with Crippen LogP contribution in [0.2, 0.25) is 0 Å². The van der Waals surface area contributed by atoms with Gasteiger partial charge in [-0.15, -0.1) is 10.2 Å². The Labute approximate surface area is 126 Å². The molecule has 0 saturated carbocycles. The molecule has 112 valence electrons. The second kappa shape index (κ2) is 5.17. The van der Waals surface area contributed by atoms with Gasteiger partial charge in [-0.2, -0.15) is 15.3 Å². The molecule has 1 aliphatic heterocycles. The number of fused-ring (bicyclic) bond motifs is 1. The van der Waals surface area contributed by atoms with E-state index in [9.17, 15) is 0 Å². The topological polar surface area (TPSA) is 101 Å². The highest BCUT2D eigenvalue weighted by Gasteiger charge is 2.25. The average Bonchev–Trinajstić information content (AvgIpc) is 3.22. The number of pyridine rings is 1. The zero-order valence-corrected chi connectivity index (χ0v) is 12.1. The van der Waals surface area contributed by atoms with Crippen molar-refractivity contribution in [2.24, 2.45) is 0 Å². The van der Waals surface area contributed by atoms with E-state index in [4.69, 9.17) is 0 Å². The van der Waals surface area contributed by atoms with E-state index in [-0.39, 0.29) is 0 Å². The molecule has 22 heavy (non-hydrogen) atoms. The highest BCUT2D eigenvalue weighted by atomic mass is 15.5. The molecule has 1 unspecified atom stereocenters. The maximum atomic E-state index is 4.50.